The number of nitrogens with zero attached hydrogens (tertiary/aromatic N) is 2. The molecular formula is C12H14N2O. The van der Waals surface area contributed by atoms with Crippen LogP contribution < -0.4 is 0 Å². The van der Waals surface area contributed by atoms with Gasteiger partial charge in [0.05, 0.1) is 23.9 Å². The number of imidazole rings is 1. The van der Waals surface area contributed by atoms with Crippen LogP contribution in [0.25, 0.3) is 11.0 Å². The molecule has 0 spiro atoms. The van der Waals surface area contributed by atoms with E-state index in [4.69, 9.17) is 0 Å². The largest absolute Gasteiger partial charge is 0.323 e. The molecule has 0 radical (unpaired) electrons. The van der Waals surface area contributed by atoms with E-state index in [0.29, 0.717) is 12.5 Å². The monoisotopic (exact) mass is 202 g/mol. The molecule has 0 unspecified atom stereocenters. The van der Waals surface area contributed by atoms with Crippen LogP contribution in [0.3, 0.4) is 0 Å². The van der Waals surface area contributed by atoms with E-state index < -0.39 is 0 Å². The molecule has 1 heterocycles. The van der Waals surface area contributed by atoms with Crippen LogP contribution in [0.5, 0.6) is 0 Å². The average molecular weight is 202 g/mol. The average Bonchev–Trinajstić information content (AvgIpc) is 2.61. The first-order valence-corrected chi connectivity index (χ1v) is 5.11. The number of hydrogen-bond donors (Lipinski definition) is 0. The minimum atomic E-state index is 0.373. The van der Waals surface area contributed by atoms with Crippen molar-refractivity contribution >= 4 is 17.3 Å². The minimum Gasteiger partial charge on any atom is -0.323 e. The summed E-state index contributed by atoms with van der Waals surface area (Å²) in [5, 5.41) is 0. The summed E-state index contributed by atoms with van der Waals surface area (Å²) >= 11 is 0. The molecule has 0 aliphatic heterocycles. The van der Waals surface area contributed by atoms with Gasteiger partial charge in [0.15, 0.2) is 0 Å². The molecule has 0 atom stereocenters. The smallest absolute Gasteiger partial charge is 0.139 e. The predicted octanol–water partition coefficient (Wildman–Crippen LogP) is 2.36. The molecule has 0 saturated carbocycles. The molecule has 0 fully saturated rings. The SMILES string of the molecule is CC(C)c1ccc2ncn(CC=O)c2c1. The van der Waals surface area contributed by atoms with Crippen LogP contribution in [0.4, 0.5) is 0 Å². The van der Waals surface area contributed by atoms with Crippen LogP contribution >= 0.6 is 0 Å². The van der Waals surface area contributed by atoms with Crippen LogP contribution in [0, 0.1) is 0 Å². The maximum Gasteiger partial charge on any atom is 0.139 e. The lowest BCUT2D eigenvalue weighted by Crippen LogP contribution is -1.97. The summed E-state index contributed by atoms with van der Waals surface area (Å²) in [6.07, 6.45) is 2.60. The number of carbonyl (C=O) groups excluding carboxylic acids is 1. The second kappa shape index (κ2) is 3.85. The lowest BCUT2D eigenvalue weighted by molar-refractivity contribution is -0.108. The molecule has 1 aromatic heterocycles. The summed E-state index contributed by atoms with van der Waals surface area (Å²) in [4.78, 5) is 14.7. The molecule has 2 rings (SSSR count). The number of hydrogen-bond acceptors (Lipinski definition) is 2. The first kappa shape index (κ1) is 9.90. The van der Waals surface area contributed by atoms with Gasteiger partial charge in [-0.25, -0.2) is 4.98 Å². The van der Waals surface area contributed by atoms with Gasteiger partial charge in [0, 0.05) is 0 Å². The van der Waals surface area contributed by atoms with Crippen LogP contribution in [0.1, 0.15) is 25.3 Å². The Bertz CT molecular complexity index is 485. The van der Waals surface area contributed by atoms with Gasteiger partial charge in [0.2, 0.25) is 0 Å². The molecular weight excluding hydrogens is 188 g/mol. The van der Waals surface area contributed by atoms with Gasteiger partial charge in [-0.1, -0.05) is 19.9 Å². The van der Waals surface area contributed by atoms with Crippen molar-refractivity contribution in [3.63, 3.8) is 0 Å². The summed E-state index contributed by atoms with van der Waals surface area (Å²) in [7, 11) is 0. The summed E-state index contributed by atoms with van der Waals surface area (Å²) < 4.78 is 1.87. The molecule has 0 saturated heterocycles. The number of benzene rings is 1. The highest BCUT2D eigenvalue weighted by Gasteiger charge is 2.05. The Kier molecular flexibility index (Phi) is 2.54. The topological polar surface area (TPSA) is 34.9 Å². The fraction of sp³-hybridized carbons (Fsp3) is 0.333. The van der Waals surface area contributed by atoms with Crippen molar-refractivity contribution in [2.24, 2.45) is 0 Å². The highest BCUT2D eigenvalue weighted by atomic mass is 16.1. The molecule has 0 amide bonds. The molecule has 0 N–H and O–H groups in total. The standard InChI is InChI=1S/C12H14N2O/c1-9(2)10-3-4-11-12(7-10)14(5-6-15)8-13-11/h3-4,6-9H,5H2,1-2H3. The Morgan fingerprint density at radius 3 is 2.93 bits per heavy atom. The summed E-state index contributed by atoms with van der Waals surface area (Å²) in [5.74, 6) is 0.494. The zero-order chi connectivity index (χ0) is 10.8. The minimum absolute atomic E-state index is 0.373. The number of fused-ring (bicyclic) bond motifs is 1. The van der Waals surface area contributed by atoms with Gasteiger partial charge in [0.25, 0.3) is 0 Å². The maximum atomic E-state index is 10.5. The third-order valence-electron chi connectivity index (χ3n) is 2.58. The van der Waals surface area contributed by atoms with Crippen molar-refractivity contribution in [2.75, 3.05) is 0 Å². The van der Waals surface area contributed by atoms with Crippen molar-refractivity contribution in [2.45, 2.75) is 26.3 Å². The van der Waals surface area contributed by atoms with Gasteiger partial charge in [-0.05, 0) is 23.6 Å². The van der Waals surface area contributed by atoms with Crippen LogP contribution in [-0.2, 0) is 11.3 Å². The highest BCUT2D eigenvalue weighted by Crippen LogP contribution is 2.20. The first-order chi connectivity index (χ1) is 7.22. The van der Waals surface area contributed by atoms with Crippen molar-refractivity contribution in [1.29, 1.82) is 0 Å². The third kappa shape index (κ3) is 1.77. The van der Waals surface area contributed by atoms with E-state index in [2.05, 4.69) is 31.0 Å². The first-order valence-electron chi connectivity index (χ1n) is 5.11. The van der Waals surface area contributed by atoms with Crippen LogP contribution in [-0.4, -0.2) is 15.8 Å². The van der Waals surface area contributed by atoms with Gasteiger partial charge in [-0.15, -0.1) is 0 Å². The van der Waals surface area contributed by atoms with Crippen molar-refractivity contribution < 1.29 is 4.79 Å². The van der Waals surface area contributed by atoms with Gasteiger partial charge in [-0.2, -0.15) is 0 Å². The van der Waals surface area contributed by atoms with Gasteiger partial charge >= 0.3 is 0 Å². The zero-order valence-electron chi connectivity index (χ0n) is 8.97. The molecule has 15 heavy (non-hydrogen) atoms. The second-order valence-electron chi connectivity index (χ2n) is 3.97. The Labute approximate surface area is 88.7 Å². The molecule has 3 heteroatoms. The van der Waals surface area contributed by atoms with E-state index in [1.54, 1.807) is 6.33 Å². The Balaban J connectivity index is 2.56. The summed E-state index contributed by atoms with van der Waals surface area (Å²) in [5.41, 5.74) is 3.25. The fourth-order valence-corrected chi connectivity index (χ4v) is 1.66. The number of carbonyl (C=O) groups is 1. The van der Waals surface area contributed by atoms with Crippen LogP contribution in [0.2, 0.25) is 0 Å². The maximum absolute atomic E-state index is 10.5. The Morgan fingerprint density at radius 2 is 2.27 bits per heavy atom. The summed E-state index contributed by atoms with van der Waals surface area (Å²) in [6, 6.07) is 6.20. The van der Waals surface area contributed by atoms with Gasteiger partial charge < -0.3 is 9.36 Å². The lowest BCUT2D eigenvalue weighted by atomic mass is 10.0. The summed E-state index contributed by atoms with van der Waals surface area (Å²) in [6.45, 7) is 4.68. The quantitative estimate of drug-likeness (QED) is 0.716. The molecule has 0 bridgehead atoms. The van der Waals surface area contributed by atoms with E-state index >= 15 is 0 Å². The number of aromatic nitrogens is 2. The van der Waals surface area contributed by atoms with Gasteiger partial charge in [-0.3, -0.25) is 0 Å². The second-order valence-corrected chi connectivity index (χ2v) is 3.97. The Morgan fingerprint density at radius 1 is 1.47 bits per heavy atom. The Hall–Kier alpha value is -1.64. The highest BCUT2D eigenvalue weighted by molar-refractivity contribution is 5.77. The van der Waals surface area contributed by atoms with Crippen molar-refractivity contribution in [3.8, 4) is 0 Å². The molecule has 0 aliphatic rings. The van der Waals surface area contributed by atoms with Gasteiger partial charge in [0.1, 0.15) is 6.29 Å². The molecule has 78 valence electrons. The van der Waals surface area contributed by atoms with Crippen molar-refractivity contribution in [3.05, 3.63) is 30.1 Å². The molecule has 0 aliphatic carbocycles. The normalized spacial score (nSPS) is 11.1. The van der Waals surface area contributed by atoms with E-state index in [1.807, 2.05) is 10.6 Å². The fourth-order valence-electron chi connectivity index (χ4n) is 1.66. The molecule has 2 aromatic rings. The molecule has 1 aromatic carbocycles. The van der Waals surface area contributed by atoms with Crippen LogP contribution in [0.15, 0.2) is 24.5 Å². The number of aldehydes is 1. The van der Waals surface area contributed by atoms with Crippen molar-refractivity contribution in [1.82, 2.24) is 9.55 Å². The lowest BCUT2D eigenvalue weighted by Gasteiger charge is -2.05. The number of rotatable bonds is 3. The van der Waals surface area contributed by atoms with E-state index in [9.17, 15) is 4.79 Å². The van der Waals surface area contributed by atoms with E-state index in [0.717, 1.165) is 17.3 Å². The zero-order valence-corrected chi connectivity index (χ0v) is 8.97. The predicted molar refractivity (Wildman–Crippen MR) is 59.9 cm³/mol. The van der Waals surface area contributed by atoms with E-state index in [1.165, 1.54) is 5.56 Å². The molecule has 3 nitrogen and oxygen atoms in total. The third-order valence-corrected chi connectivity index (χ3v) is 2.58. The van der Waals surface area contributed by atoms with E-state index in [-0.39, 0.29) is 0 Å².